The molecule has 3 heteroatoms. The molecule has 0 radical (unpaired) electrons. The van der Waals surface area contributed by atoms with Crippen molar-refractivity contribution in [2.45, 2.75) is 0 Å². The maximum atomic E-state index is 5.95. The molecule has 2 aromatic carbocycles. The summed E-state index contributed by atoms with van der Waals surface area (Å²) in [6.45, 7) is 0. The average Bonchev–Trinajstić information content (AvgIpc) is 3.04. The fourth-order valence-corrected chi connectivity index (χ4v) is 2.24. The van der Waals surface area contributed by atoms with Crippen LogP contribution in [0.5, 0.6) is 11.5 Å². The molecule has 1 aromatic heterocycles. The lowest BCUT2D eigenvalue weighted by atomic mass is 10.1. The van der Waals surface area contributed by atoms with Gasteiger partial charge in [0, 0.05) is 5.56 Å². The van der Waals surface area contributed by atoms with Gasteiger partial charge in [0.25, 0.3) is 0 Å². The summed E-state index contributed by atoms with van der Waals surface area (Å²) in [5.74, 6) is 3.24. The molecule has 0 saturated carbocycles. The molecule has 0 spiro atoms. The predicted molar refractivity (Wildman–Crippen MR) is 82.7 cm³/mol. The molecular weight excluding hydrogens is 264 g/mol. The van der Waals surface area contributed by atoms with E-state index in [1.165, 1.54) is 0 Å². The van der Waals surface area contributed by atoms with Crippen LogP contribution in [0.3, 0.4) is 0 Å². The van der Waals surface area contributed by atoms with E-state index >= 15 is 0 Å². The average molecular weight is 280 g/mol. The molecule has 3 aromatic rings. The predicted octanol–water partition coefficient (Wildman–Crippen LogP) is 4.63. The minimum absolute atomic E-state index is 0.790. The van der Waals surface area contributed by atoms with Gasteiger partial charge in [0.2, 0.25) is 0 Å². The van der Waals surface area contributed by atoms with Gasteiger partial charge >= 0.3 is 0 Å². The Balaban J connectivity index is 1.95. The molecule has 0 N–H and O–H groups in total. The van der Waals surface area contributed by atoms with E-state index in [9.17, 15) is 0 Å². The highest BCUT2D eigenvalue weighted by molar-refractivity contribution is 5.69. The molecule has 1 heterocycles. The van der Waals surface area contributed by atoms with Crippen molar-refractivity contribution in [2.75, 3.05) is 14.2 Å². The van der Waals surface area contributed by atoms with Crippen molar-refractivity contribution in [3.05, 3.63) is 60.7 Å². The molecule has 0 aliphatic carbocycles. The lowest BCUT2D eigenvalue weighted by Crippen LogP contribution is -1.85. The molecule has 0 fully saturated rings. The van der Waals surface area contributed by atoms with E-state index in [1.54, 1.807) is 14.2 Å². The Kier molecular flexibility index (Phi) is 3.65. The Morgan fingerprint density at radius 3 is 2.14 bits per heavy atom. The SMILES string of the molecule is COc1ccc(-c2ccc(-c3ccccc3OC)o2)cc1. The summed E-state index contributed by atoms with van der Waals surface area (Å²) in [5, 5.41) is 0. The van der Waals surface area contributed by atoms with Crippen LogP contribution in [-0.2, 0) is 0 Å². The van der Waals surface area contributed by atoms with Gasteiger partial charge in [0.05, 0.1) is 19.8 Å². The maximum absolute atomic E-state index is 5.95. The zero-order chi connectivity index (χ0) is 14.7. The molecule has 0 bridgehead atoms. The van der Waals surface area contributed by atoms with Crippen LogP contribution in [0.1, 0.15) is 0 Å². The molecule has 106 valence electrons. The summed E-state index contributed by atoms with van der Waals surface area (Å²) in [5.41, 5.74) is 1.96. The first-order valence-corrected chi connectivity index (χ1v) is 6.69. The van der Waals surface area contributed by atoms with Gasteiger partial charge in [-0.1, -0.05) is 12.1 Å². The topological polar surface area (TPSA) is 31.6 Å². The van der Waals surface area contributed by atoms with Crippen LogP contribution in [0.4, 0.5) is 0 Å². The molecule has 3 nitrogen and oxygen atoms in total. The van der Waals surface area contributed by atoms with Crippen molar-refractivity contribution in [3.8, 4) is 34.1 Å². The molecule has 0 unspecified atom stereocenters. The normalized spacial score (nSPS) is 10.4. The van der Waals surface area contributed by atoms with Crippen molar-refractivity contribution in [2.24, 2.45) is 0 Å². The van der Waals surface area contributed by atoms with Gasteiger partial charge in [-0.25, -0.2) is 0 Å². The summed E-state index contributed by atoms with van der Waals surface area (Å²) < 4.78 is 16.5. The Hall–Kier alpha value is -2.68. The minimum Gasteiger partial charge on any atom is -0.497 e. The molecule has 0 aliphatic rings. The van der Waals surface area contributed by atoms with Crippen molar-refractivity contribution >= 4 is 0 Å². The third kappa shape index (κ3) is 2.63. The van der Waals surface area contributed by atoms with Crippen LogP contribution in [0.2, 0.25) is 0 Å². The van der Waals surface area contributed by atoms with Crippen molar-refractivity contribution in [3.63, 3.8) is 0 Å². The quantitative estimate of drug-likeness (QED) is 0.698. The highest BCUT2D eigenvalue weighted by Crippen LogP contribution is 2.34. The maximum Gasteiger partial charge on any atom is 0.138 e. The molecular formula is C18H16O3. The Morgan fingerprint density at radius 2 is 1.43 bits per heavy atom. The molecule has 21 heavy (non-hydrogen) atoms. The second-order valence-electron chi connectivity index (χ2n) is 4.59. The molecule has 0 aliphatic heterocycles. The van der Waals surface area contributed by atoms with E-state index in [2.05, 4.69) is 0 Å². The fraction of sp³-hybridized carbons (Fsp3) is 0.111. The Labute approximate surface area is 123 Å². The zero-order valence-electron chi connectivity index (χ0n) is 12.0. The van der Waals surface area contributed by atoms with Crippen LogP contribution < -0.4 is 9.47 Å². The van der Waals surface area contributed by atoms with Gasteiger partial charge in [-0.15, -0.1) is 0 Å². The molecule has 0 atom stereocenters. The van der Waals surface area contributed by atoms with E-state index < -0.39 is 0 Å². The first kappa shape index (κ1) is 13.3. The van der Waals surface area contributed by atoms with E-state index in [-0.39, 0.29) is 0 Å². The second kappa shape index (κ2) is 5.75. The first-order valence-electron chi connectivity index (χ1n) is 6.69. The summed E-state index contributed by atoms with van der Waals surface area (Å²) >= 11 is 0. The minimum atomic E-state index is 0.790. The van der Waals surface area contributed by atoms with E-state index in [4.69, 9.17) is 13.9 Å². The zero-order valence-corrected chi connectivity index (χ0v) is 12.0. The monoisotopic (exact) mass is 280 g/mol. The number of hydrogen-bond acceptors (Lipinski definition) is 3. The number of hydrogen-bond donors (Lipinski definition) is 0. The van der Waals surface area contributed by atoms with Gasteiger partial charge in [0.15, 0.2) is 0 Å². The number of methoxy groups -OCH3 is 2. The third-order valence-corrected chi connectivity index (χ3v) is 3.35. The highest BCUT2D eigenvalue weighted by atomic mass is 16.5. The van der Waals surface area contributed by atoms with Gasteiger partial charge in [-0.2, -0.15) is 0 Å². The van der Waals surface area contributed by atoms with Crippen LogP contribution >= 0.6 is 0 Å². The molecule has 0 saturated heterocycles. The summed E-state index contributed by atoms with van der Waals surface area (Å²) in [6, 6.07) is 19.5. The van der Waals surface area contributed by atoms with Crippen molar-refractivity contribution in [1.82, 2.24) is 0 Å². The van der Waals surface area contributed by atoms with Crippen LogP contribution in [-0.4, -0.2) is 14.2 Å². The second-order valence-corrected chi connectivity index (χ2v) is 4.59. The van der Waals surface area contributed by atoms with Gasteiger partial charge in [-0.3, -0.25) is 0 Å². The standard InChI is InChI=1S/C18H16O3/c1-19-14-9-7-13(8-10-14)16-11-12-18(21-16)15-5-3-4-6-17(15)20-2/h3-12H,1-2H3. The van der Waals surface area contributed by atoms with E-state index in [0.29, 0.717) is 0 Å². The summed E-state index contributed by atoms with van der Waals surface area (Å²) in [4.78, 5) is 0. The van der Waals surface area contributed by atoms with Gasteiger partial charge in [0.1, 0.15) is 23.0 Å². The Morgan fingerprint density at radius 1 is 0.714 bits per heavy atom. The highest BCUT2D eigenvalue weighted by Gasteiger charge is 2.10. The molecule has 3 rings (SSSR count). The van der Waals surface area contributed by atoms with Crippen LogP contribution in [0.25, 0.3) is 22.6 Å². The van der Waals surface area contributed by atoms with Crippen LogP contribution in [0, 0.1) is 0 Å². The summed E-state index contributed by atoms with van der Waals surface area (Å²) in [7, 11) is 3.31. The smallest absolute Gasteiger partial charge is 0.138 e. The largest absolute Gasteiger partial charge is 0.497 e. The summed E-state index contributed by atoms with van der Waals surface area (Å²) in [6.07, 6.45) is 0. The number of furan rings is 1. The van der Waals surface area contributed by atoms with Crippen LogP contribution in [0.15, 0.2) is 65.1 Å². The molecule has 0 amide bonds. The third-order valence-electron chi connectivity index (χ3n) is 3.35. The number of rotatable bonds is 4. The first-order chi connectivity index (χ1) is 10.3. The Bertz CT molecular complexity index is 726. The number of benzene rings is 2. The lowest BCUT2D eigenvalue weighted by molar-refractivity contribution is 0.414. The fourth-order valence-electron chi connectivity index (χ4n) is 2.24. The number of ether oxygens (including phenoxy) is 2. The van der Waals surface area contributed by atoms with Gasteiger partial charge < -0.3 is 13.9 Å². The van der Waals surface area contributed by atoms with E-state index in [0.717, 1.165) is 34.1 Å². The van der Waals surface area contributed by atoms with E-state index in [1.807, 2.05) is 60.7 Å². The van der Waals surface area contributed by atoms with Crippen molar-refractivity contribution < 1.29 is 13.9 Å². The van der Waals surface area contributed by atoms with Crippen molar-refractivity contribution in [1.29, 1.82) is 0 Å². The lowest BCUT2D eigenvalue weighted by Gasteiger charge is -2.05. The number of para-hydroxylation sites is 1. The van der Waals surface area contributed by atoms with Gasteiger partial charge in [-0.05, 0) is 48.5 Å².